The minimum Gasteiger partial charge on any atom is -0.349 e. The number of thiophene rings is 1. The van der Waals surface area contributed by atoms with E-state index in [1.807, 2.05) is 6.07 Å². The van der Waals surface area contributed by atoms with Crippen LogP contribution in [-0.2, 0) is 0 Å². The number of rotatable bonds is 5. The first kappa shape index (κ1) is 14.7. The molecule has 0 saturated carbocycles. The quantitative estimate of drug-likeness (QED) is 0.677. The molecule has 90 valence electrons. The van der Waals surface area contributed by atoms with Crippen LogP contribution in [0.15, 0.2) is 13.6 Å². The first-order valence-corrected chi connectivity index (χ1v) is 8.42. The molecule has 1 heterocycles. The van der Waals surface area contributed by atoms with Crippen LogP contribution in [0.3, 0.4) is 0 Å². The van der Waals surface area contributed by atoms with Gasteiger partial charge in [0, 0.05) is 11.4 Å². The van der Waals surface area contributed by atoms with Crippen molar-refractivity contribution >= 4 is 65.0 Å². The van der Waals surface area contributed by atoms with Gasteiger partial charge in [-0.15, -0.1) is 11.3 Å². The number of hydrogen-bond donors (Lipinski definition) is 1. The van der Waals surface area contributed by atoms with E-state index in [1.165, 1.54) is 11.3 Å². The molecule has 0 spiro atoms. The highest BCUT2D eigenvalue weighted by atomic mass is 79.9. The molecule has 0 fully saturated rings. The first-order chi connectivity index (χ1) is 7.58. The molecule has 0 bridgehead atoms. The Morgan fingerprint density at radius 2 is 2.25 bits per heavy atom. The third-order valence-corrected chi connectivity index (χ3v) is 4.98. The second-order valence-corrected chi connectivity index (χ2v) is 7.84. The number of alkyl halides is 1. The summed E-state index contributed by atoms with van der Waals surface area (Å²) in [5, 5.41) is 3.93. The van der Waals surface area contributed by atoms with E-state index in [4.69, 9.17) is 0 Å². The van der Waals surface area contributed by atoms with Crippen molar-refractivity contribution in [1.82, 2.24) is 5.32 Å². The highest BCUT2D eigenvalue weighted by molar-refractivity contribution is 9.12. The van der Waals surface area contributed by atoms with Crippen LogP contribution >= 0.6 is 59.1 Å². The normalized spacial score (nSPS) is 12.5. The van der Waals surface area contributed by atoms with Gasteiger partial charge in [-0.05, 0) is 50.8 Å². The van der Waals surface area contributed by atoms with Crippen molar-refractivity contribution in [1.29, 1.82) is 0 Å². The van der Waals surface area contributed by atoms with Gasteiger partial charge >= 0.3 is 0 Å². The third-order valence-electron chi connectivity index (χ3n) is 2.19. The predicted octanol–water partition coefficient (Wildman–Crippen LogP) is 4.57. The van der Waals surface area contributed by atoms with Gasteiger partial charge in [-0.3, -0.25) is 4.79 Å². The van der Waals surface area contributed by atoms with E-state index in [-0.39, 0.29) is 11.9 Å². The highest BCUT2D eigenvalue weighted by Crippen LogP contribution is 2.31. The summed E-state index contributed by atoms with van der Waals surface area (Å²) in [5.41, 5.74) is 0.699. The summed E-state index contributed by atoms with van der Waals surface area (Å²) in [7, 11) is 0. The lowest BCUT2D eigenvalue weighted by molar-refractivity contribution is 0.0935. The molecule has 0 saturated heterocycles. The Bertz CT molecular complexity index is 367. The van der Waals surface area contributed by atoms with Gasteiger partial charge in [0.25, 0.3) is 5.91 Å². The van der Waals surface area contributed by atoms with Crippen molar-refractivity contribution in [3.8, 4) is 0 Å². The number of halogens is 3. The van der Waals surface area contributed by atoms with Crippen molar-refractivity contribution in [3.63, 3.8) is 0 Å². The molecule has 0 aliphatic carbocycles. The van der Waals surface area contributed by atoms with Crippen LogP contribution in [0.1, 0.15) is 30.1 Å². The van der Waals surface area contributed by atoms with Crippen LogP contribution < -0.4 is 5.32 Å². The monoisotopic (exact) mass is 431 g/mol. The molecule has 0 radical (unpaired) electrons. The molecule has 0 aliphatic heterocycles. The fourth-order valence-corrected chi connectivity index (χ4v) is 4.61. The molecular formula is C10H12Br3NOS. The maximum atomic E-state index is 12.0. The molecule has 6 heteroatoms. The smallest absolute Gasteiger partial charge is 0.253 e. The second-order valence-electron chi connectivity index (χ2n) is 3.29. The maximum Gasteiger partial charge on any atom is 0.253 e. The topological polar surface area (TPSA) is 29.1 Å². The predicted molar refractivity (Wildman–Crippen MR) is 79.7 cm³/mol. The molecule has 16 heavy (non-hydrogen) atoms. The molecule has 1 unspecified atom stereocenters. The second kappa shape index (κ2) is 7.13. The number of hydrogen-bond acceptors (Lipinski definition) is 2. The van der Waals surface area contributed by atoms with Crippen LogP contribution in [-0.4, -0.2) is 17.3 Å². The van der Waals surface area contributed by atoms with E-state index in [0.717, 1.165) is 25.7 Å². The Labute approximate surface area is 125 Å². The lowest BCUT2D eigenvalue weighted by Crippen LogP contribution is -2.34. The average molecular weight is 434 g/mol. The lowest BCUT2D eigenvalue weighted by Gasteiger charge is -2.15. The Kier molecular flexibility index (Phi) is 6.54. The van der Waals surface area contributed by atoms with Crippen molar-refractivity contribution < 1.29 is 4.79 Å². The zero-order chi connectivity index (χ0) is 12.1. The van der Waals surface area contributed by atoms with Crippen LogP contribution in [0.25, 0.3) is 0 Å². The SMILES string of the molecule is CCC(CCBr)NC(=O)c1cc(Br)sc1Br. The Morgan fingerprint density at radius 3 is 2.69 bits per heavy atom. The lowest BCUT2D eigenvalue weighted by atomic mass is 10.1. The molecule has 1 atom stereocenters. The molecule has 1 aromatic rings. The van der Waals surface area contributed by atoms with E-state index in [1.54, 1.807) is 0 Å². The minimum atomic E-state index is -0.0124. The van der Waals surface area contributed by atoms with Gasteiger partial charge in [0.05, 0.1) is 13.1 Å². The summed E-state index contributed by atoms with van der Waals surface area (Å²) in [5.74, 6) is -0.0124. The van der Waals surface area contributed by atoms with E-state index < -0.39 is 0 Å². The van der Waals surface area contributed by atoms with Gasteiger partial charge in [0.2, 0.25) is 0 Å². The standard InChI is InChI=1S/C10H12Br3NOS/c1-2-6(3-4-11)14-10(15)7-5-8(12)16-9(7)13/h5-6H,2-4H2,1H3,(H,14,15). The first-order valence-electron chi connectivity index (χ1n) is 4.90. The molecule has 0 aromatic carbocycles. The van der Waals surface area contributed by atoms with Gasteiger partial charge in [0.15, 0.2) is 0 Å². The Balaban J connectivity index is 2.67. The van der Waals surface area contributed by atoms with Crippen molar-refractivity contribution in [2.45, 2.75) is 25.8 Å². The van der Waals surface area contributed by atoms with Crippen LogP contribution in [0.2, 0.25) is 0 Å². The highest BCUT2D eigenvalue weighted by Gasteiger charge is 2.16. The van der Waals surface area contributed by atoms with Crippen LogP contribution in [0.5, 0.6) is 0 Å². The molecule has 1 N–H and O–H groups in total. The van der Waals surface area contributed by atoms with Gasteiger partial charge in [-0.1, -0.05) is 22.9 Å². The summed E-state index contributed by atoms with van der Waals surface area (Å²) < 4.78 is 1.82. The third kappa shape index (κ3) is 4.13. The fourth-order valence-electron chi connectivity index (χ4n) is 1.27. The molecule has 1 amide bonds. The average Bonchev–Trinajstić information content (AvgIpc) is 2.57. The summed E-state index contributed by atoms with van der Waals surface area (Å²) in [6.07, 6.45) is 1.89. The van der Waals surface area contributed by atoms with Crippen LogP contribution in [0, 0.1) is 0 Å². The van der Waals surface area contributed by atoms with Gasteiger partial charge < -0.3 is 5.32 Å². The zero-order valence-corrected chi connectivity index (χ0v) is 14.3. The van der Waals surface area contributed by atoms with E-state index >= 15 is 0 Å². The Hall–Kier alpha value is 0.610. The number of amides is 1. The number of carbonyl (C=O) groups is 1. The van der Waals surface area contributed by atoms with E-state index in [0.29, 0.717) is 5.56 Å². The maximum absolute atomic E-state index is 12.0. The van der Waals surface area contributed by atoms with Crippen molar-refractivity contribution in [3.05, 3.63) is 19.2 Å². The van der Waals surface area contributed by atoms with Crippen molar-refractivity contribution in [2.75, 3.05) is 5.33 Å². The van der Waals surface area contributed by atoms with Gasteiger partial charge in [-0.25, -0.2) is 0 Å². The van der Waals surface area contributed by atoms with E-state index in [2.05, 4.69) is 60.0 Å². The van der Waals surface area contributed by atoms with Crippen LogP contribution in [0.4, 0.5) is 0 Å². The van der Waals surface area contributed by atoms with Gasteiger partial charge in [0.1, 0.15) is 0 Å². The molecular weight excluding hydrogens is 422 g/mol. The summed E-state index contributed by atoms with van der Waals surface area (Å²) in [6, 6.07) is 2.07. The number of nitrogens with one attached hydrogen (secondary N) is 1. The van der Waals surface area contributed by atoms with Gasteiger partial charge in [-0.2, -0.15) is 0 Å². The number of carbonyl (C=O) groups excluding carboxylic acids is 1. The zero-order valence-electron chi connectivity index (χ0n) is 8.73. The molecule has 0 aliphatic rings. The molecule has 1 aromatic heterocycles. The fraction of sp³-hybridized carbons (Fsp3) is 0.500. The largest absolute Gasteiger partial charge is 0.349 e. The molecule has 1 rings (SSSR count). The minimum absolute atomic E-state index is 0.0124. The summed E-state index contributed by atoms with van der Waals surface area (Å²) in [4.78, 5) is 12.0. The molecule has 2 nitrogen and oxygen atoms in total. The Morgan fingerprint density at radius 1 is 1.56 bits per heavy atom. The summed E-state index contributed by atoms with van der Waals surface area (Å²) >= 11 is 11.7. The van der Waals surface area contributed by atoms with Crippen molar-refractivity contribution in [2.24, 2.45) is 0 Å². The van der Waals surface area contributed by atoms with E-state index in [9.17, 15) is 4.79 Å². The summed E-state index contributed by atoms with van der Waals surface area (Å²) in [6.45, 7) is 2.08.